The predicted octanol–water partition coefficient (Wildman–Crippen LogP) is 0.0393. The van der Waals surface area contributed by atoms with Crippen molar-refractivity contribution >= 4 is 0 Å². The molecule has 1 saturated carbocycles. The second-order valence-electron chi connectivity index (χ2n) is 3.66. The van der Waals surface area contributed by atoms with Crippen LogP contribution in [0.25, 0.3) is 0 Å². The minimum Gasteiger partial charge on any atom is -0.327 e. The second kappa shape index (κ2) is 1.50. The zero-order chi connectivity index (χ0) is 6.48. The lowest BCUT2D eigenvalue weighted by Gasteiger charge is -2.06. The monoisotopic (exact) mass is 126 g/mol. The van der Waals surface area contributed by atoms with Crippen LogP contribution in [0.4, 0.5) is 0 Å². The highest BCUT2D eigenvalue weighted by Crippen LogP contribution is 2.50. The van der Waals surface area contributed by atoms with E-state index in [-0.39, 0.29) is 0 Å². The smallest absolute Gasteiger partial charge is 0.0115 e. The summed E-state index contributed by atoms with van der Waals surface area (Å²) in [7, 11) is 2.18. The van der Waals surface area contributed by atoms with Gasteiger partial charge in [0.15, 0.2) is 0 Å². The van der Waals surface area contributed by atoms with Crippen molar-refractivity contribution in [1.29, 1.82) is 0 Å². The van der Waals surface area contributed by atoms with Crippen LogP contribution in [0.2, 0.25) is 0 Å². The summed E-state index contributed by atoms with van der Waals surface area (Å²) < 4.78 is 0. The van der Waals surface area contributed by atoms with Gasteiger partial charge in [-0.25, -0.2) is 0 Å². The Kier molecular flexibility index (Phi) is 0.945. The van der Waals surface area contributed by atoms with Crippen molar-refractivity contribution in [2.75, 3.05) is 20.1 Å². The van der Waals surface area contributed by atoms with Gasteiger partial charge in [-0.1, -0.05) is 0 Å². The largest absolute Gasteiger partial charge is 0.327 e. The van der Waals surface area contributed by atoms with Gasteiger partial charge in [0.2, 0.25) is 0 Å². The molecule has 2 fully saturated rings. The molecule has 0 aromatic rings. The van der Waals surface area contributed by atoms with E-state index in [0.717, 1.165) is 0 Å². The molecule has 1 heterocycles. The fourth-order valence-electron chi connectivity index (χ4n) is 1.96. The first-order valence-corrected chi connectivity index (χ1v) is 3.67. The summed E-state index contributed by atoms with van der Waals surface area (Å²) in [5.41, 5.74) is 6.38. The van der Waals surface area contributed by atoms with E-state index in [4.69, 9.17) is 5.73 Å². The van der Waals surface area contributed by atoms with E-state index in [1.54, 1.807) is 0 Å². The van der Waals surface area contributed by atoms with Gasteiger partial charge in [0.25, 0.3) is 0 Å². The molecule has 2 atom stereocenters. The van der Waals surface area contributed by atoms with E-state index >= 15 is 0 Å². The minimum atomic E-state index is 0.530. The Labute approximate surface area is 56.0 Å². The van der Waals surface area contributed by atoms with Crippen LogP contribution in [0, 0.1) is 5.41 Å². The van der Waals surface area contributed by atoms with Crippen LogP contribution < -0.4 is 5.73 Å². The normalized spacial score (nSPS) is 50.7. The fraction of sp³-hybridized carbons (Fsp3) is 1.00. The molecule has 2 nitrogen and oxygen atoms in total. The number of nitrogens with zero attached hydrogens (tertiary/aromatic N) is 1. The highest BCUT2D eigenvalue weighted by Gasteiger charge is 2.54. The average molecular weight is 126 g/mol. The third kappa shape index (κ3) is 0.700. The van der Waals surface area contributed by atoms with Crippen molar-refractivity contribution in [3.63, 3.8) is 0 Å². The van der Waals surface area contributed by atoms with E-state index in [0.29, 0.717) is 11.5 Å². The zero-order valence-corrected chi connectivity index (χ0v) is 5.93. The van der Waals surface area contributed by atoms with Crippen molar-refractivity contribution in [3.8, 4) is 0 Å². The second-order valence-corrected chi connectivity index (χ2v) is 3.66. The molecule has 2 heteroatoms. The third-order valence-electron chi connectivity index (χ3n) is 2.83. The molecule has 1 aliphatic carbocycles. The van der Waals surface area contributed by atoms with Crippen molar-refractivity contribution < 1.29 is 0 Å². The van der Waals surface area contributed by atoms with Crippen LogP contribution in [0.1, 0.15) is 12.8 Å². The minimum absolute atomic E-state index is 0.530. The summed E-state index contributed by atoms with van der Waals surface area (Å²) in [6.45, 7) is 2.50. The van der Waals surface area contributed by atoms with Crippen molar-refractivity contribution in [2.45, 2.75) is 18.9 Å². The molecule has 2 unspecified atom stereocenters. The number of hydrogen-bond acceptors (Lipinski definition) is 2. The molecular formula is C7H14N2. The van der Waals surface area contributed by atoms with Gasteiger partial charge in [0.05, 0.1) is 0 Å². The predicted molar refractivity (Wildman–Crippen MR) is 37.1 cm³/mol. The zero-order valence-electron chi connectivity index (χ0n) is 5.93. The summed E-state index contributed by atoms with van der Waals surface area (Å²) >= 11 is 0. The van der Waals surface area contributed by atoms with E-state index in [1.807, 2.05) is 0 Å². The highest BCUT2D eigenvalue weighted by atomic mass is 15.2. The Morgan fingerprint density at radius 1 is 1.67 bits per heavy atom. The van der Waals surface area contributed by atoms with Crippen LogP contribution >= 0.6 is 0 Å². The van der Waals surface area contributed by atoms with Crippen molar-refractivity contribution in [1.82, 2.24) is 4.90 Å². The van der Waals surface area contributed by atoms with Gasteiger partial charge in [-0.3, -0.25) is 0 Å². The molecule has 0 radical (unpaired) electrons. The van der Waals surface area contributed by atoms with Gasteiger partial charge >= 0.3 is 0 Å². The van der Waals surface area contributed by atoms with E-state index in [9.17, 15) is 0 Å². The highest BCUT2D eigenvalue weighted by molar-refractivity contribution is 5.10. The Hall–Kier alpha value is -0.0800. The molecule has 2 aliphatic rings. The van der Waals surface area contributed by atoms with Crippen LogP contribution in [0.3, 0.4) is 0 Å². The molecule has 0 bridgehead atoms. The topological polar surface area (TPSA) is 29.3 Å². The molecule has 2 rings (SSSR count). The van der Waals surface area contributed by atoms with Gasteiger partial charge < -0.3 is 10.6 Å². The van der Waals surface area contributed by atoms with Crippen LogP contribution in [0.15, 0.2) is 0 Å². The lowest BCUT2D eigenvalue weighted by molar-refractivity contribution is 0.385. The average Bonchev–Trinajstić information content (AvgIpc) is 2.17. The van der Waals surface area contributed by atoms with Gasteiger partial charge in [0, 0.05) is 18.0 Å². The summed E-state index contributed by atoms with van der Waals surface area (Å²) in [5, 5.41) is 0. The Bertz CT molecular complexity index is 133. The Morgan fingerprint density at radius 3 is 2.56 bits per heavy atom. The molecule has 9 heavy (non-hydrogen) atoms. The Balaban J connectivity index is 2.03. The standard InChI is InChI=1S/C7H14N2/c1-9-3-2-7(5-9)4-6(7)8/h6H,2-5,8H2,1H3. The molecule has 0 amide bonds. The maximum absolute atomic E-state index is 5.80. The quantitative estimate of drug-likeness (QED) is 0.496. The molecule has 1 saturated heterocycles. The van der Waals surface area contributed by atoms with E-state index in [1.165, 1.54) is 25.9 Å². The number of rotatable bonds is 0. The summed E-state index contributed by atoms with van der Waals surface area (Å²) in [6, 6.07) is 0.530. The molecule has 1 aliphatic heterocycles. The van der Waals surface area contributed by atoms with Gasteiger partial charge in [-0.05, 0) is 26.4 Å². The molecule has 0 aromatic carbocycles. The first kappa shape index (κ1) is 5.69. The van der Waals surface area contributed by atoms with Crippen LogP contribution in [0.5, 0.6) is 0 Å². The maximum atomic E-state index is 5.80. The molecular weight excluding hydrogens is 112 g/mol. The first-order valence-electron chi connectivity index (χ1n) is 3.67. The third-order valence-corrected chi connectivity index (χ3v) is 2.83. The van der Waals surface area contributed by atoms with Gasteiger partial charge in [-0.15, -0.1) is 0 Å². The molecule has 52 valence electrons. The van der Waals surface area contributed by atoms with Crippen molar-refractivity contribution in [3.05, 3.63) is 0 Å². The van der Waals surface area contributed by atoms with Crippen LogP contribution in [-0.4, -0.2) is 31.1 Å². The Morgan fingerprint density at radius 2 is 2.33 bits per heavy atom. The fourth-order valence-corrected chi connectivity index (χ4v) is 1.96. The number of likely N-dealkylation sites (tertiary alicyclic amines) is 1. The van der Waals surface area contributed by atoms with Gasteiger partial charge in [0.1, 0.15) is 0 Å². The van der Waals surface area contributed by atoms with E-state index < -0.39 is 0 Å². The van der Waals surface area contributed by atoms with E-state index in [2.05, 4.69) is 11.9 Å². The molecule has 2 N–H and O–H groups in total. The van der Waals surface area contributed by atoms with Crippen molar-refractivity contribution in [2.24, 2.45) is 11.1 Å². The molecule has 1 spiro atoms. The summed E-state index contributed by atoms with van der Waals surface area (Å²) in [5.74, 6) is 0. The summed E-state index contributed by atoms with van der Waals surface area (Å²) in [4.78, 5) is 2.38. The summed E-state index contributed by atoms with van der Waals surface area (Å²) in [6.07, 6.45) is 2.61. The molecule has 0 aromatic heterocycles. The SMILES string of the molecule is CN1CCC2(CC2N)C1. The lowest BCUT2D eigenvalue weighted by Crippen LogP contribution is -2.19. The first-order chi connectivity index (χ1) is 4.23. The van der Waals surface area contributed by atoms with Crippen LogP contribution in [-0.2, 0) is 0 Å². The number of nitrogens with two attached hydrogens (primary N) is 1. The maximum Gasteiger partial charge on any atom is 0.0115 e. The lowest BCUT2D eigenvalue weighted by atomic mass is 10.1. The van der Waals surface area contributed by atoms with Gasteiger partial charge in [-0.2, -0.15) is 0 Å². The number of hydrogen-bond donors (Lipinski definition) is 1.